The van der Waals surface area contributed by atoms with Crippen LogP contribution < -0.4 is 10.3 Å². The van der Waals surface area contributed by atoms with Gasteiger partial charge in [-0.2, -0.15) is 0 Å². The van der Waals surface area contributed by atoms with E-state index in [1.807, 2.05) is 55.5 Å². The molecule has 0 aliphatic heterocycles. The van der Waals surface area contributed by atoms with Gasteiger partial charge in [0, 0.05) is 0 Å². The monoisotopic (exact) mass is 271 g/mol. The zero-order valence-electron chi connectivity index (χ0n) is 10.5. The van der Waals surface area contributed by atoms with Crippen LogP contribution in [0.1, 0.15) is 6.92 Å². The Hall–Kier alpha value is -2.07. The van der Waals surface area contributed by atoms with Gasteiger partial charge in [0.1, 0.15) is 5.75 Å². The van der Waals surface area contributed by atoms with E-state index in [4.69, 9.17) is 4.74 Å². The number of hydrogen-bond donors (Lipinski definition) is 0. The van der Waals surface area contributed by atoms with Crippen molar-refractivity contribution in [3.63, 3.8) is 0 Å². The van der Waals surface area contributed by atoms with Crippen LogP contribution in [0.2, 0.25) is 0 Å². The number of hydrogen-bond acceptors (Lipinski definition) is 3. The molecule has 0 fully saturated rings. The van der Waals surface area contributed by atoms with Crippen LogP contribution >= 0.6 is 11.5 Å². The lowest BCUT2D eigenvalue weighted by Gasteiger charge is -2.04. The maximum atomic E-state index is 12.3. The maximum Gasteiger partial charge on any atom is 0.273 e. The van der Waals surface area contributed by atoms with Gasteiger partial charge in [0.15, 0.2) is 0 Å². The summed E-state index contributed by atoms with van der Waals surface area (Å²) >= 11 is 1.46. The normalized spacial score (nSPS) is 10.8. The summed E-state index contributed by atoms with van der Waals surface area (Å²) in [7, 11) is 0. The third-order valence-electron chi connectivity index (χ3n) is 2.87. The Balaban J connectivity index is 2.09. The average Bonchev–Trinajstić information content (AvgIpc) is 2.78. The second-order valence-corrected chi connectivity index (χ2v) is 5.10. The summed E-state index contributed by atoms with van der Waals surface area (Å²) in [4.78, 5) is 12.3. The van der Waals surface area contributed by atoms with E-state index in [-0.39, 0.29) is 5.56 Å². The summed E-state index contributed by atoms with van der Waals surface area (Å²) < 4.78 is 8.11. The quantitative estimate of drug-likeness (QED) is 0.730. The molecule has 0 spiro atoms. The predicted molar refractivity (Wildman–Crippen MR) is 78.6 cm³/mol. The SMILES string of the molecule is CCOc1ccc(-n2sc3ccccc3c2=O)cc1. The number of aromatic nitrogens is 1. The van der Waals surface area contributed by atoms with Crippen LogP contribution in [-0.4, -0.2) is 10.6 Å². The van der Waals surface area contributed by atoms with E-state index >= 15 is 0 Å². The molecule has 4 heteroatoms. The summed E-state index contributed by atoms with van der Waals surface area (Å²) in [5, 5.41) is 0.765. The largest absolute Gasteiger partial charge is 0.494 e. The van der Waals surface area contributed by atoms with Crippen LogP contribution in [0.5, 0.6) is 5.75 Å². The van der Waals surface area contributed by atoms with Gasteiger partial charge in [-0.05, 0) is 43.3 Å². The standard InChI is InChI=1S/C15H13NO2S/c1-2-18-12-9-7-11(8-10-12)16-15(17)13-5-3-4-6-14(13)19-16/h3-10H,2H2,1H3. The van der Waals surface area contributed by atoms with Crippen molar-refractivity contribution in [2.24, 2.45) is 0 Å². The fourth-order valence-electron chi connectivity index (χ4n) is 1.99. The molecule has 19 heavy (non-hydrogen) atoms. The Morgan fingerprint density at radius 2 is 1.84 bits per heavy atom. The maximum absolute atomic E-state index is 12.3. The topological polar surface area (TPSA) is 31.2 Å². The summed E-state index contributed by atoms with van der Waals surface area (Å²) in [5.41, 5.74) is 0.902. The Morgan fingerprint density at radius 1 is 1.11 bits per heavy atom. The summed E-state index contributed by atoms with van der Waals surface area (Å²) in [6, 6.07) is 15.2. The second-order valence-electron chi connectivity index (χ2n) is 4.11. The minimum Gasteiger partial charge on any atom is -0.494 e. The summed E-state index contributed by atoms with van der Waals surface area (Å²) in [5.74, 6) is 0.820. The van der Waals surface area contributed by atoms with Crippen molar-refractivity contribution in [2.45, 2.75) is 6.92 Å². The first kappa shape index (κ1) is 12.0. The first-order valence-corrected chi connectivity index (χ1v) is 6.91. The van der Waals surface area contributed by atoms with Gasteiger partial charge in [-0.3, -0.25) is 4.79 Å². The molecule has 0 atom stereocenters. The first-order chi connectivity index (χ1) is 9.29. The van der Waals surface area contributed by atoms with E-state index in [0.717, 1.165) is 21.5 Å². The third kappa shape index (κ3) is 2.15. The Labute approximate surface area is 114 Å². The van der Waals surface area contributed by atoms with Gasteiger partial charge in [-0.25, -0.2) is 3.96 Å². The lowest BCUT2D eigenvalue weighted by atomic mass is 10.3. The van der Waals surface area contributed by atoms with Crippen molar-refractivity contribution in [3.05, 3.63) is 58.9 Å². The molecule has 0 unspecified atom stereocenters. The van der Waals surface area contributed by atoms with E-state index in [2.05, 4.69) is 0 Å². The molecule has 96 valence electrons. The van der Waals surface area contributed by atoms with Gasteiger partial charge < -0.3 is 4.74 Å². The minimum atomic E-state index is 0.0322. The van der Waals surface area contributed by atoms with E-state index in [0.29, 0.717) is 6.61 Å². The second kappa shape index (κ2) is 4.90. The Kier molecular flexibility index (Phi) is 3.09. The van der Waals surface area contributed by atoms with E-state index < -0.39 is 0 Å². The highest BCUT2D eigenvalue weighted by molar-refractivity contribution is 7.14. The fraction of sp³-hybridized carbons (Fsp3) is 0.133. The van der Waals surface area contributed by atoms with Crippen LogP contribution in [0.3, 0.4) is 0 Å². The van der Waals surface area contributed by atoms with Gasteiger partial charge in [-0.1, -0.05) is 23.7 Å². The van der Waals surface area contributed by atoms with E-state index in [1.165, 1.54) is 11.5 Å². The minimum absolute atomic E-state index is 0.0322. The summed E-state index contributed by atoms with van der Waals surface area (Å²) in [6.07, 6.45) is 0. The highest BCUT2D eigenvalue weighted by Gasteiger charge is 2.08. The van der Waals surface area contributed by atoms with Crippen molar-refractivity contribution in [3.8, 4) is 11.4 Å². The van der Waals surface area contributed by atoms with Gasteiger partial charge in [0.05, 0.1) is 22.4 Å². The highest BCUT2D eigenvalue weighted by Crippen LogP contribution is 2.21. The average molecular weight is 271 g/mol. The summed E-state index contributed by atoms with van der Waals surface area (Å²) in [6.45, 7) is 2.59. The molecule has 0 saturated heterocycles. The zero-order chi connectivity index (χ0) is 13.2. The van der Waals surface area contributed by atoms with Crippen molar-refractivity contribution >= 4 is 21.6 Å². The predicted octanol–water partition coefficient (Wildman–Crippen LogP) is 3.45. The molecule has 0 amide bonds. The van der Waals surface area contributed by atoms with Crippen LogP contribution in [0, 0.1) is 0 Å². The molecule has 0 N–H and O–H groups in total. The molecule has 1 aromatic heterocycles. The molecule has 0 aliphatic rings. The lowest BCUT2D eigenvalue weighted by molar-refractivity contribution is 0.340. The number of rotatable bonds is 3. The molecule has 0 aliphatic carbocycles. The van der Waals surface area contributed by atoms with Crippen molar-refractivity contribution in [1.82, 2.24) is 3.96 Å². The molecular weight excluding hydrogens is 258 g/mol. The van der Waals surface area contributed by atoms with Gasteiger partial charge in [-0.15, -0.1) is 0 Å². The third-order valence-corrected chi connectivity index (χ3v) is 3.99. The van der Waals surface area contributed by atoms with E-state index in [1.54, 1.807) is 3.96 Å². The molecule has 3 aromatic rings. The van der Waals surface area contributed by atoms with Crippen LogP contribution in [0.25, 0.3) is 15.8 Å². The molecule has 3 rings (SSSR count). The van der Waals surface area contributed by atoms with Gasteiger partial charge in [0.25, 0.3) is 5.56 Å². The molecule has 2 aromatic carbocycles. The molecule has 3 nitrogen and oxygen atoms in total. The zero-order valence-corrected chi connectivity index (χ0v) is 11.3. The Morgan fingerprint density at radius 3 is 2.53 bits per heavy atom. The Bertz CT molecular complexity index is 756. The van der Waals surface area contributed by atoms with Gasteiger partial charge in [0.2, 0.25) is 0 Å². The number of fused-ring (bicyclic) bond motifs is 1. The lowest BCUT2D eigenvalue weighted by Crippen LogP contribution is -2.10. The molecule has 0 radical (unpaired) electrons. The number of nitrogens with zero attached hydrogens (tertiary/aromatic N) is 1. The molecular formula is C15H13NO2S. The number of ether oxygens (including phenoxy) is 1. The van der Waals surface area contributed by atoms with Crippen molar-refractivity contribution in [2.75, 3.05) is 6.61 Å². The van der Waals surface area contributed by atoms with Crippen molar-refractivity contribution < 1.29 is 4.74 Å². The highest BCUT2D eigenvalue weighted by atomic mass is 32.1. The van der Waals surface area contributed by atoms with Crippen LogP contribution in [-0.2, 0) is 0 Å². The smallest absolute Gasteiger partial charge is 0.273 e. The van der Waals surface area contributed by atoms with Crippen LogP contribution in [0.15, 0.2) is 53.3 Å². The first-order valence-electron chi connectivity index (χ1n) is 6.14. The molecule has 1 heterocycles. The molecule has 0 saturated carbocycles. The van der Waals surface area contributed by atoms with Gasteiger partial charge >= 0.3 is 0 Å². The van der Waals surface area contributed by atoms with Crippen LogP contribution in [0.4, 0.5) is 0 Å². The number of benzene rings is 2. The van der Waals surface area contributed by atoms with E-state index in [9.17, 15) is 4.79 Å². The fourth-order valence-corrected chi connectivity index (χ4v) is 2.98. The molecule has 0 bridgehead atoms. The van der Waals surface area contributed by atoms with Crippen molar-refractivity contribution in [1.29, 1.82) is 0 Å².